The fourth-order valence-electron chi connectivity index (χ4n) is 5.18. The van der Waals surface area contributed by atoms with E-state index in [4.69, 9.17) is 4.74 Å². The highest BCUT2D eigenvalue weighted by Crippen LogP contribution is 2.25. The Hall–Kier alpha value is -2.12. The summed E-state index contributed by atoms with van der Waals surface area (Å²) in [5.74, 6) is 0.881. The number of hydrogen-bond donors (Lipinski definition) is 1. The third-order valence-electron chi connectivity index (χ3n) is 7.21. The molecule has 3 fully saturated rings. The molecule has 1 unspecified atom stereocenters. The summed E-state index contributed by atoms with van der Waals surface area (Å²) in [5, 5.41) is 2.99. The van der Waals surface area contributed by atoms with Crippen LogP contribution in [0, 0.1) is 18.8 Å². The van der Waals surface area contributed by atoms with Gasteiger partial charge in [0.25, 0.3) is 0 Å². The second kappa shape index (κ2) is 11.1. The van der Waals surface area contributed by atoms with E-state index in [0.717, 1.165) is 82.9 Å². The molecule has 3 aliphatic rings. The van der Waals surface area contributed by atoms with Crippen LogP contribution in [0.15, 0.2) is 24.3 Å². The summed E-state index contributed by atoms with van der Waals surface area (Å²) in [6, 6.07) is 7.72. The van der Waals surface area contributed by atoms with Gasteiger partial charge in [-0.3, -0.25) is 9.69 Å². The minimum Gasteiger partial charge on any atom is -0.379 e. The standard InChI is InChI=1S/C25H38N4O3/c1-20-4-2-6-23(18-20)26-25(31)29-10-3-5-22(19-29)24(30)28-12-8-21(9-13-28)7-11-27-14-16-32-17-15-27/h2,4,6,18,21-22H,3,5,7-17,19H2,1H3,(H,26,31). The molecule has 0 bridgehead atoms. The van der Waals surface area contributed by atoms with Crippen molar-refractivity contribution in [3.8, 4) is 0 Å². The van der Waals surface area contributed by atoms with E-state index in [0.29, 0.717) is 19.0 Å². The molecule has 3 heterocycles. The van der Waals surface area contributed by atoms with E-state index < -0.39 is 0 Å². The summed E-state index contributed by atoms with van der Waals surface area (Å²) in [6.07, 6.45) is 5.18. The van der Waals surface area contributed by atoms with Gasteiger partial charge in [-0.05, 0) is 69.2 Å². The van der Waals surface area contributed by atoms with E-state index in [9.17, 15) is 9.59 Å². The number of likely N-dealkylation sites (tertiary alicyclic amines) is 2. The Balaban J connectivity index is 1.21. The number of anilines is 1. The lowest BCUT2D eigenvalue weighted by Gasteiger charge is -2.38. The molecule has 1 aromatic rings. The molecule has 0 radical (unpaired) electrons. The molecule has 3 amide bonds. The zero-order valence-electron chi connectivity index (χ0n) is 19.4. The highest BCUT2D eigenvalue weighted by molar-refractivity contribution is 5.90. The highest BCUT2D eigenvalue weighted by Gasteiger charge is 2.33. The van der Waals surface area contributed by atoms with E-state index in [-0.39, 0.29) is 17.9 Å². The maximum absolute atomic E-state index is 13.2. The normalized spacial score (nSPS) is 23.2. The number of carbonyl (C=O) groups is 2. The molecule has 176 valence electrons. The molecule has 1 atom stereocenters. The van der Waals surface area contributed by atoms with Crippen molar-refractivity contribution in [1.29, 1.82) is 0 Å². The van der Waals surface area contributed by atoms with Crippen LogP contribution >= 0.6 is 0 Å². The van der Waals surface area contributed by atoms with E-state index in [1.165, 1.54) is 6.42 Å². The van der Waals surface area contributed by atoms with Crippen molar-refractivity contribution in [2.45, 2.75) is 39.0 Å². The van der Waals surface area contributed by atoms with Crippen molar-refractivity contribution in [3.05, 3.63) is 29.8 Å². The summed E-state index contributed by atoms with van der Waals surface area (Å²) >= 11 is 0. The molecule has 3 aliphatic heterocycles. The fraction of sp³-hybridized carbons (Fsp3) is 0.680. The van der Waals surface area contributed by atoms with E-state index in [2.05, 4.69) is 15.1 Å². The van der Waals surface area contributed by atoms with Gasteiger partial charge in [-0.2, -0.15) is 0 Å². The molecule has 0 aliphatic carbocycles. The van der Waals surface area contributed by atoms with Gasteiger partial charge in [0.1, 0.15) is 0 Å². The number of hydrogen-bond acceptors (Lipinski definition) is 4. The number of urea groups is 1. The van der Waals surface area contributed by atoms with Gasteiger partial charge < -0.3 is 19.9 Å². The van der Waals surface area contributed by atoms with Gasteiger partial charge >= 0.3 is 6.03 Å². The van der Waals surface area contributed by atoms with Gasteiger partial charge in [0, 0.05) is 45.0 Å². The summed E-state index contributed by atoms with van der Waals surface area (Å²) < 4.78 is 5.43. The molecule has 0 aromatic heterocycles. The lowest BCUT2D eigenvalue weighted by molar-refractivity contribution is -0.138. The van der Waals surface area contributed by atoms with Crippen molar-refractivity contribution in [3.63, 3.8) is 0 Å². The van der Waals surface area contributed by atoms with E-state index in [1.807, 2.05) is 36.1 Å². The number of nitrogens with one attached hydrogen (secondary N) is 1. The molecule has 7 heteroatoms. The van der Waals surface area contributed by atoms with Crippen molar-refractivity contribution in [1.82, 2.24) is 14.7 Å². The Bertz CT molecular complexity index is 772. The minimum absolute atomic E-state index is 0.0723. The number of nitrogens with zero attached hydrogens (tertiary/aromatic N) is 3. The Morgan fingerprint density at radius 2 is 1.81 bits per heavy atom. The van der Waals surface area contributed by atoms with Crippen LogP contribution in [0.1, 0.15) is 37.7 Å². The number of piperidine rings is 2. The zero-order chi connectivity index (χ0) is 22.3. The number of aryl methyl sites for hydroxylation is 1. The first kappa shape index (κ1) is 23.1. The van der Waals surface area contributed by atoms with Crippen LogP contribution in [0.3, 0.4) is 0 Å². The van der Waals surface area contributed by atoms with Gasteiger partial charge in [-0.15, -0.1) is 0 Å². The maximum atomic E-state index is 13.2. The van der Waals surface area contributed by atoms with Gasteiger partial charge in [-0.25, -0.2) is 4.79 Å². The molecular formula is C25H38N4O3. The highest BCUT2D eigenvalue weighted by atomic mass is 16.5. The van der Waals surface area contributed by atoms with Gasteiger partial charge in [0.15, 0.2) is 0 Å². The van der Waals surface area contributed by atoms with Crippen LogP contribution in [-0.2, 0) is 9.53 Å². The first-order valence-corrected chi connectivity index (χ1v) is 12.3. The number of benzene rings is 1. The SMILES string of the molecule is Cc1cccc(NC(=O)N2CCCC(C(=O)N3CCC(CCN4CCOCC4)CC3)C2)c1. The third-order valence-corrected chi connectivity index (χ3v) is 7.21. The topological polar surface area (TPSA) is 65.1 Å². The quantitative estimate of drug-likeness (QED) is 0.761. The van der Waals surface area contributed by atoms with Gasteiger partial charge in [-0.1, -0.05) is 12.1 Å². The van der Waals surface area contributed by atoms with Crippen molar-refractivity contribution >= 4 is 17.6 Å². The lowest BCUT2D eigenvalue weighted by atomic mass is 9.91. The molecule has 4 rings (SSSR count). The van der Waals surface area contributed by atoms with Crippen LogP contribution in [0.4, 0.5) is 10.5 Å². The van der Waals surface area contributed by atoms with Gasteiger partial charge in [0.2, 0.25) is 5.91 Å². The zero-order valence-corrected chi connectivity index (χ0v) is 19.4. The second-order valence-electron chi connectivity index (χ2n) is 9.60. The predicted molar refractivity (Wildman–Crippen MR) is 126 cm³/mol. The van der Waals surface area contributed by atoms with Crippen LogP contribution in [-0.4, -0.2) is 85.7 Å². The van der Waals surface area contributed by atoms with Crippen molar-refractivity contribution in [2.24, 2.45) is 11.8 Å². The number of carbonyl (C=O) groups excluding carboxylic acids is 2. The number of morpholine rings is 1. The average Bonchev–Trinajstić information content (AvgIpc) is 2.83. The fourth-order valence-corrected chi connectivity index (χ4v) is 5.18. The Morgan fingerprint density at radius 3 is 2.56 bits per heavy atom. The van der Waals surface area contributed by atoms with Crippen LogP contribution in [0.25, 0.3) is 0 Å². The van der Waals surface area contributed by atoms with Crippen molar-refractivity contribution in [2.75, 3.05) is 64.3 Å². The Morgan fingerprint density at radius 1 is 1.03 bits per heavy atom. The van der Waals surface area contributed by atoms with E-state index in [1.54, 1.807) is 0 Å². The number of ether oxygens (including phenoxy) is 1. The molecule has 0 saturated carbocycles. The molecular weight excluding hydrogens is 404 g/mol. The average molecular weight is 443 g/mol. The summed E-state index contributed by atoms with van der Waals surface area (Å²) in [4.78, 5) is 32.3. The summed E-state index contributed by atoms with van der Waals surface area (Å²) in [7, 11) is 0. The first-order valence-electron chi connectivity index (χ1n) is 12.3. The molecule has 32 heavy (non-hydrogen) atoms. The number of amides is 3. The minimum atomic E-state index is -0.102. The number of rotatable bonds is 5. The lowest BCUT2D eigenvalue weighted by Crippen LogP contribution is -2.49. The predicted octanol–water partition coefficient (Wildman–Crippen LogP) is 3.20. The van der Waals surface area contributed by atoms with Crippen LogP contribution in [0.2, 0.25) is 0 Å². The maximum Gasteiger partial charge on any atom is 0.321 e. The summed E-state index contributed by atoms with van der Waals surface area (Å²) in [6.45, 7) is 9.92. The second-order valence-corrected chi connectivity index (χ2v) is 9.60. The third kappa shape index (κ3) is 6.23. The van der Waals surface area contributed by atoms with Crippen LogP contribution in [0.5, 0.6) is 0 Å². The molecule has 7 nitrogen and oxygen atoms in total. The smallest absolute Gasteiger partial charge is 0.321 e. The van der Waals surface area contributed by atoms with Crippen molar-refractivity contribution < 1.29 is 14.3 Å². The van der Waals surface area contributed by atoms with Crippen LogP contribution < -0.4 is 5.32 Å². The molecule has 1 aromatic carbocycles. The Labute approximate surface area is 192 Å². The van der Waals surface area contributed by atoms with Gasteiger partial charge in [0.05, 0.1) is 19.1 Å². The monoisotopic (exact) mass is 442 g/mol. The summed E-state index contributed by atoms with van der Waals surface area (Å²) in [5.41, 5.74) is 1.92. The molecule has 3 saturated heterocycles. The molecule has 0 spiro atoms. The first-order chi connectivity index (χ1) is 15.6. The Kier molecular flexibility index (Phi) is 8.03. The molecule has 1 N–H and O–H groups in total. The largest absolute Gasteiger partial charge is 0.379 e. The van der Waals surface area contributed by atoms with E-state index >= 15 is 0 Å².